The molecular weight excluding hydrogens is 301 g/mol. The van der Waals surface area contributed by atoms with Gasteiger partial charge in [-0.25, -0.2) is 13.2 Å². The van der Waals surface area contributed by atoms with Crippen LogP contribution in [-0.4, -0.2) is 12.0 Å². The first-order valence-electron chi connectivity index (χ1n) is 6.95. The van der Waals surface area contributed by atoms with E-state index in [2.05, 4.69) is 4.98 Å². The predicted octanol–water partition coefficient (Wildman–Crippen LogP) is 4.93. The zero-order chi connectivity index (χ0) is 16.4. The van der Waals surface area contributed by atoms with Gasteiger partial charge in [0.25, 0.3) is 0 Å². The molecule has 1 heterocycles. The van der Waals surface area contributed by atoms with Crippen molar-refractivity contribution in [1.29, 1.82) is 0 Å². The third-order valence-corrected chi connectivity index (χ3v) is 3.60. The lowest BCUT2D eigenvalue weighted by Crippen LogP contribution is -2.12. The van der Waals surface area contributed by atoms with Gasteiger partial charge in [-0.3, -0.25) is 4.98 Å². The van der Waals surface area contributed by atoms with Gasteiger partial charge in [0, 0.05) is 37.3 Å². The highest BCUT2D eigenvalue weighted by molar-refractivity contribution is 5.69. The smallest absolute Gasteiger partial charge is 0.161 e. The van der Waals surface area contributed by atoms with E-state index in [-0.39, 0.29) is 5.69 Å². The summed E-state index contributed by atoms with van der Waals surface area (Å²) < 4.78 is 40.2. The van der Waals surface area contributed by atoms with Crippen molar-refractivity contribution in [1.82, 2.24) is 4.98 Å². The van der Waals surface area contributed by atoms with Gasteiger partial charge in [-0.05, 0) is 29.3 Å². The number of rotatable bonds is 3. The fourth-order valence-corrected chi connectivity index (χ4v) is 2.32. The van der Waals surface area contributed by atoms with E-state index in [9.17, 15) is 13.2 Å². The zero-order valence-electron chi connectivity index (χ0n) is 12.3. The summed E-state index contributed by atoms with van der Waals surface area (Å²) >= 11 is 0. The molecule has 0 saturated heterocycles. The first-order chi connectivity index (χ1) is 11.1. The summed E-state index contributed by atoms with van der Waals surface area (Å²) in [5, 5.41) is 0. The largest absolute Gasteiger partial charge is 0.342 e. The van der Waals surface area contributed by atoms with Crippen molar-refractivity contribution >= 4 is 11.4 Å². The molecule has 0 spiro atoms. The Balaban J connectivity index is 1.92. The van der Waals surface area contributed by atoms with E-state index in [1.54, 1.807) is 31.6 Å². The molecule has 0 aliphatic rings. The van der Waals surface area contributed by atoms with Gasteiger partial charge in [0.05, 0.1) is 5.69 Å². The van der Waals surface area contributed by atoms with Crippen LogP contribution in [0.25, 0.3) is 11.1 Å². The van der Waals surface area contributed by atoms with Crippen LogP contribution in [0.3, 0.4) is 0 Å². The molecule has 0 radical (unpaired) electrons. The van der Waals surface area contributed by atoms with Crippen molar-refractivity contribution in [3.8, 4) is 11.1 Å². The Morgan fingerprint density at radius 3 is 2.17 bits per heavy atom. The second-order valence-corrected chi connectivity index (χ2v) is 5.07. The fourth-order valence-electron chi connectivity index (χ4n) is 2.32. The molecule has 2 nitrogen and oxygen atoms in total. The molecule has 116 valence electrons. The minimum absolute atomic E-state index is 0.0296. The summed E-state index contributed by atoms with van der Waals surface area (Å²) in [6, 6.07) is 12.4. The van der Waals surface area contributed by atoms with Crippen molar-refractivity contribution in [3.63, 3.8) is 0 Å². The highest BCUT2D eigenvalue weighted by Crippen LogP contribution is 2.29. The average Bonchev–Trinajstić information content (AvgIpc) is 2.58. The summed E-state index contributed by atoms with van der Waals surface area (Å²) in [4.78, 5) is 5.52. The maximum Gasteiger partial charge on any atom is 0.161 e. The van der Waals surface area contributed by atoms with E-state index in [1.165, 1.54) is 4.90 Å². The van der Waals surface area contributed by atoms with Crippen LogP contribution in [0, 0.1) is 17.5 Å². The number of benzene rings is 2. The lowest BCUT2D eigenvalue weighted by Gasteiger charge is -2.20. The fraction of sp³-hybridized carbons (Fsp3) is 0.0556. The van der Waals surface area contributed by atoms with Gasteiger partial charge >= 0.3 is 0 Å². The number of hydrogen-bond acceptors (Lipinski definition) is 2. The van der Waals surface area contributed by atoms with E-state index < -0.39 is 17.5 Å². The summed E-state index contributed by atoms with van der Waals surface area (Å²) in [5.41, 5.74) is 2.54. The van der Waals surface area contributed by atoms with E-state index in [4.69, 9.17) is 0 Å². The quantitative estimate of drug-likeness (QED) is 0.637. The van der Waals surface area contributed by atoms with Crippen molar-refractivity contribution in [2.24, 2.45) is 0 Å². The van der Waals surface area contributed by atoms with Crippen LogP contribution in [0.15, 0.2) is 60.9 Å². The molecule has 0 saturated carbocycles. The Morgan fingerprint density at radius 1 is 0.826 bits per heavy atom. The Bertz CT molecular complexity index is 818. The maximum absolute atomic E-state index is 13.9. The third-order valence-electron chi connectivity index (χ3n) is 3.60. The minimum atomic E-state index is -1.20. The van der Waals surface area contributed by atoms with Crippen LogP contribution in [0.2, 0.25) is 0 Å². The molecule has 23 heavy (non-hydrogen) atoms. The highest BCUT2D eigenvalue weighted by atomic mass is 19.2. The molecule has 0 aliphatic heterocycles. The van der Waals surface area contributed by atoms with Gasteiger partial charge in [-0.1, -0.05) is 18.2 Å². The highest BCUT2D eigenvalue weighted by Gasteiger charge is 2.14. The Kier molecular flexibility index (Phi) is 4.02. The lowest BCUT2D eigenvalue weighted by atomic mass is 10.1. The van der Waals surface area contributed by atoms with E-state index >= 15 is 0 Å². The monoisotopic (exact) mass is 314 g/mol. The molecule has 0 unspecified atom stereocenters. The number of pyridine rings is 1. The van der Waals surface area contributed by atoms with Crippen LogP contribution in [0.5, 0.6) is 0 Å². The summed E-state index contributed by atoms with van der Waals surface area (Å²) in [5.74, 6) is -3.10. The third kappa shape index (κ3) is 3.04. The first-order valence-corrected chi connectivity index (χ1v) is 6.95. The molecule has 0 amide bonds. The molecule has 0 atom stereocenters. The van der Waals surface area contributed by atoms with E-state index in [0.717, 1.165) is 17.2 Å². The van der Waals surface area contributed by atoms with Gasteiger partial charge in [0.15, 0.2) is 11.6 Å². The van der Waals surface area contributed by atoms with Crippen molar-refractivity contribution in [2.75, 3.05) is 11.9 Å². The van der Waals surface area contributed by atoms with Crippen LogP contribution < -0.4 is 4.90 Å². The van der Waals surface area contributed by atoms with Gasteiger partial charge in [0.1, 0.15) is 5.82 Å². The van der Waals surface area contributed by atoms with Gasteiger partial charge < -0.3 is 4.90 Å². The first kappa shape index (κ1) is 15.1. The second-order valence-electron chi connectivity index (χ2n) is 5.07. The molecule has 3 rings (SSSR count). The topological polar surface area (TPSA) is 16.1 Å². The number of anilines is 2. The van der Waals surface area contributed by atoms with E-state index in [0.29, 0.717) is 11.8 Å². The van der Waals surface area contributed by atoms with Crippen LogP contribution in [0.1, 0.15) is 0 Å². The zero-order valence-corrected chi connectivity index (χ0v) is 12.3. The SMILES string of the molecule is CN(c1ccc(-c2cccnc2)cc1)c1cc(F)c(F)cc1F. The van der Waals surface area contributed by atoms with Crippen molar-refractivity contribution < 1.29 is 13.2 Å². The standard InChI is InChI=1S/C18H13F3N2/c1-23(18-10-16(20)15(19)9-17(18)21)14-6-4-12(5-7-14)13-3-2-8-22-11-13/h2-11H,1H3. The van der Waals surface area contributed by atoms with Gasteiger partial charge in [-0.2, -0.15) is 0 Å². The van der Waals surface area contributed by atoms with Crippen LogP contribution in [-0.2, 0) is 0 Å². The summed E-state index contributed by atoms with van der Waals surface area (Å²) in [6.45, 7) is 0. The molecule has 3 aromatic rings. The number of nitrogens with zero attached hydrogens (tertiary/aromatic N) is 2. The van der Waals surface area contributed by atoms with Gasteiger partial charge in [0.2, 0.25) is 0 Å². The Labute approximate surface area is 131 Å². The lowest BCUT2D eigenvalue weighted by molar-refractivity contribution is 0.495. The number of aromatic nitrogens is 1. The predicted molar refractivity (Wildman–Crippen MR) is 84.1 cm³/mol. The van der Waals surface area contributed by atoms with E-state index in [1.807, 2.05) is 24.3 Å². The van der Waals surface area contributed by atoms with Gasteiger partial charge in [-0.15, -0.1) is 0 Å². The van der Waals surface area contributed by atoms with Crippen LogP contribution in [0.4, 0.5) is 24.5 Å². The molecule has 0 fully saturated rings. The molecule has 1 aromatic heterocycles. The molecule has 2 aromatic carbocycles. The molecule has 5 heteroatoms. The van der Waals surface area contributed by atoms with Crippen molar-refractivity contribution in [2.45, 2.75) is 0 Å². The second kappa shape index (κ2) is 6.12. The minimum Gasteiger partial charge on any atom is -0.342 e. The normalized spacial score (nSPS) is 10.6. The molecule has 0 N–H and O–H groups in total. The Hall–Kier alpha value is -2.82. The Morgan fingerprint density at radius 2 is 1.52 bits per heavy atom. The van der Waals surface area contributed by atoms with Crippen LogP contribution >= 0.6 is 0 Å². The molecule has 0 aliphatic carbocycles. The maximum atomic E-state index is 13.9. The average molecular weight is 314 g/mol. The summed E-state index contributed by atoms with van der Waals surface area (Å²) in [6.07, 6.45) is 3.44. The van der Waals surface area contributed by atoms with Crippen molar-refractivity contribution in [3.05, 3.63) is 78.4 Å². The molecule has 0 bridgehead atoms. The number of halogens is 3. The molecular formula is C18H13F3N2. The summed E-state index contributed by atoms with van der Waals surface area (Å²) in [7, 11) is 1.59. The number of hydrogen-bond donors (Lipinski definition) is 0.